The van der Waals surface area contributed by atoms with Gasteiger partial charge in [-0.15, -0.1) is 0 Å². The van der Waals surface area contributed by atoms with Gasteiger partial charge in [0.05, 0.1) is 0 Å². The van der Waals surface area contributed by atoms with Crippen molar-refractivity contribution < 1.29 is 0 Å². The van der Waals surface area contributed by atoms with Crippen LogP contribution in [0.1, 0.15) is 25.0 Å². The van der Waals surface area contributed by atoms with Gasteiger partial charge in [0, 0.05) is 5.41 Å². The van der Waals surface area contributed by atoms with Crippen molar-refractivity contribution >= 4 is 43.1 Å². The average Bonchev–Trinajstić information content (AvgIpc) is 3.38. The quantitative estimate of drug-likeness (QED) is 0.172. The first-order chi connectivity index (χ1) is 24.1. The molecule has 0 amide bonds. The van der Waals surface area contributed by atoms with E-state index in [4.69, 9.17) is 0 Å². The average molecular weight is 623 g/mol. The molecule has 0 unspecified atom stereocenters. The van der Waals surface area contributed by atoms with E-state index in [-0.39, 0.29) is 5.41 Å². The van der Waals surface area contributed by atoms with E-state index in [0.717, 1.165) is 0 Å². The molecule has 9 aromatic rings. The van der Waals surface area contributed by atoms with Gasteiger partial charge in [-0.1, -0.05) is 172 Å². The molecule has 230 valence electrons. The van der Waals surface area contributed by atoms with Crippen molar-refractivity contribution in [1.82, 2.24) is 0 Å². The van der Waals surface area contributed by atoms with Gasteiger partial charge in [-0.25, -0.2) is 0 Å². The van der Waals surface area contributed by atoms with Crippen LogP contribution in [0, 0.1) is 0 Å². The van der Waals surface area contributed by atoms with E-state index in [1.54, 1.807) is 0 Å². The van der Waals surface area contributed by atoms with Crippen molar-refractivity contribution in [3.05, 3.63) is 181 Å². The topological polar surface area (TPSA) is 0 Å². The van der Waals surface area contributed by atoms with Crippen LogP contribution in [0.15, 0.2) is 170 Å². The Bertz CT molecular complexity index is 2780. The maximum Gasteiger partial charge on any atom is 0.0159 e. The van der Waals surface area contributed by atoms with Crippen LogP contribution in [0.4, 0.5) is 0 Å². The highest BCUT2D eigenvalue weighted by molar-refractivity contribution is 6.24. The maximum atomic E-state index is 2.48. The summed E-state index contributed by atoms with van der Waals surface area (Å²) < 4.78 is 0. The smallest absolute Gasteiger partial charge is 0.0159 e. The third-order valence-corrected chi connectivity index (χ3v) is 11.1. The zero-order valence-electron chi connectivity index (χ0n) is 27.7. The molecule has 9 aromatic carbocycles. The molecule has 0 N–H and O–H groups in total. The van der Waals surface area contributed by atoms with Gasteiger partial charge in [-0.3, -0.25) is 0 Å². The molecule has 0 saturated carbocycles. The fraction of sp³-hybridized carbons (Fsp3) is 0.0612. The van der Waals surface area contributed by atoms with E-state index >= 15 is 0 Å². The van der Waals surface area contributed by atoms with Gasteiger partial charge in [0.2, 0.25) is 0 Å². The molecule has 0 heteroatoms. The van der Waals surface area contributed by atoms with Gasteiger partial charge in [-0.05, 0) is 111 Å². The van der Waals surface area contributed by atoms with Gasteiger partial charge < -0.3 is 0 Å². The maximum absolute atomic E-state index is 2.48. The van der Waals surface area contributed by atoms with Crippen LogP contribution >= 0.6 is 0 Å². The molecule has 0 bridgehead atoms. The first-order valence-electron chi connectivity index (χ1n) is 17.3. The van der Waals surface area contributed by atoms with Crippen molar-refractivity contribution in [2.45, 2.75) is 19.3 Å². The summed E-state index contributed by atoms with van der Waals surface area (Å²) >= 11 is 0. The Morgan fingerprint density at radius 3 is 1.57 bits per heavy atom. The van der Waals surface area contributed by atoms with Gasteiger partial charge in [0.1, 0.15) is 0 Å². The number of benzene rings is 9. The number of hydrogen-bond acceptors (Lipinski definition) is 0. The molecule has 0 atom stereocenters. The van der Waals surface area contributed by atoms with Crippen LogP contribution in [-0.4, -0.2) is 0 Å². The second kappa shape index (κ2) is 10.5. The molecule has 0 radical (unpaired) electrons. The first kappa shape index (κ1) is 28.1. The Hall–Kier alpha value is -5.98. The standard InChI is InChI=1S/C49H34/c1-49(2)45-24-10-9-19-38(45)39-27-26-34(30-46(39)49)47-41-20-7-8-21-42(41)48(40-23-12-16-32-14-4-6-18-36(32)40)44-29-33(25-28-43(44)47)37-22-11-15-31-13-3-5-17-35(31)37/h3-30H,1-2H3. The Morgan fingerprint density at radius 2 is 0.816 bits per heavy atom. The van der Waals surface area contributed by atoms with Crippen LogP contribution < -0.4 is 0 Å². The predicted molar refractivity (Wildman–Crippen MR) is 210 cm³/mol. The lowest BCUT2D eigenvalue weighted by molar-refractivity contribution is 0.660. The Kier molecular flexibility index (Phi) is 6.02. The fourth-order valence-corrected chi connectivity index (χ4v) is 8.73. The number of hydrogen-bond donors (Lipinski definition) is 0. The van der Waals surface area contributed by atoms with Crippen LogP contribution in [0.3, 0.4) is 0 Å². The van der Waals surface area contributed by atoms with Crippen molar-refractivity contribution in [1.29, 1.82) is 0 Å². The van der Waals surface area contributed by atoms with E-state index in [9.17, 15) is 0 Å². The predicted octanol–water partition coefficient (Wildman–Crippen LogP) is 13.6. The minimum absolute atomic E-state index is 0.0715. The molecular weight excluding hydrogens is 589 g/mol. The summed E-state index contributed by atoms with van der Waals surface area (Å²) in [7, 11) is 0. The van der Waals surface area contributed by atoms with Gasteiger partial charge in [0.15, 0.2) is 0 Å². The Morgan fingerprint density at radius 1 is 0.306 bits per heavy atom. The van der Waals surface area contributed by atoms with Crippen molar-refractivity contribution in [2.75, 3.05) is 0 Å². The summed E-state index contributed by atoms with van der Waals surface area (Å²) in [5, 5.41) is 10.2. The monoisotopic (exact) mass is 622 g/mol. The zero-order chi connectivity index (χ0) is 32.7. The summed E-state index contributed by atoms with van der Waals surface area (Å²) in [6.45, 7) is 4.75. The lowest BCUT2D eigenvalue weighted by atomic mass is 9.80. The lowest BCUT2D eigenvalue weighted by Crippen LogP contribution is -2.14. The van der Waals surface area contributed by atoms with Crippen molar-refractivity contribution in [3.63, 3.8) is 0 Å². The molecule has 0 saturated heterocycles. The third kappa shape index (κ3) is 4.11. The summed E-state index contributed by atoms with van der Waals surface area (Å²) in [4.78, 5) is 0. The third-order valence-electron chi connectivity index (χ3n) is 11.1. The molecule has 0 aromatic heterocycles. The highest BCUT2D eigenvalue weighted by atomic mass is 14.4. The minimum atomic E-state index is -0.0715. The van der Waals surface area contributed by atoms with E-state index < -0.39 is 0 Å². The highest BCUT2D eigenvalue weighted by Crippen LogP contribution is 2.52. The molecule has 10 rings (SSSR count). The van der Waals surface area contributed by atoms with Crippen molar-refractivity contribution in [2.24, 2.45) is 0 Å². The van der Waals surface area contributed by atoms with E-state index in [1.165, 1.54) is 98.7 Å². The van der Waals surface area contributed by atoms with Crippen molar-refractivity contribution in [3.8, 4) is 44.5 Å². The van der Waals surface area contributed by atoms with Crippen LogP contribution in [0.25, 0.3) is 87.6 Å². The number of rotatable bonds is 3. The number of fused-ring (bicyclic) bond motifs is 7. The second-order valence-electron chi connectivity index (χ2n) is 14.0. The Balaban J connectivity index is 1.33. The van der Waals surface area contributed by atoms with Crippen LogP contribution in [0.5, 0.6) is 0 Å². The summed E-state index contributed by atoms with van der Waals surface area (Å²) in [6.07, 6.45) is 0. The highest BCUT2D eigenvalue weighted by Gasteiger charge is 2.35. The molecule has 1 aliphatic carbocycles. The minimum Gasteiger partial charge on any atom is -0.0619 e. The molecule has 0 spiro atoms. The van der Waals surface area contributed by atoms with E-state index in [0.29, 0.717) is 0 Å². The van der Waals surface area contributed by atoms with E-state index in [1.807, 2.05) is 0 Å². The first-order valence-corrected chi connectivity index (χ1v) is 17.3. The fourth-order valence-electron chi connectivity index (χ4n) is 8.73. The van der Waals surface area contributed by atoms with E-state index in [2.05, 4.69) is 184 Å². The molecule has 49 heavy (non-hydrogen) atoms. The lowest BCUT2D eigenvalue weighted by Gasteiger charge is -2.23. The summed E-state index contributed by atoms with van der Waals surface area (Å²) in [5.41, 5.74) is 13.1. The zero-order valence-corrected chi connectivity index (χ0v) is 27.7. The van der Waals surface area contributed by atoms with Gasteiger partial charge in [-0.2, -0.15) is 0 Å². The second-order valence-corrected chi connectivity index (χ2v) is 14.0. The summed E-state index contributed by atoms with van der Waals surface area (Å²) in [6, 6.07) is 63.3. The van der Waals surface area contributed by atoms with Gasteiger partial charge in [0.25, 0.3) is 0 Å². The normalized spacial score (nSPS) is 13.3. The largest absolute Gasteiger partial charge is 0.0619 e. The van der Waals surface area contributed by atoms with Gasteiger partial charge >= 0.3 is 0 Å². The molecular formula is C49H34. The SMILES string of the molecule is CC1(C)c2ccccc2-c2ccc(-c3c4ccccc4c(-c4cccc5ccccc45)c4cc(-c5cccc6ccccc56)ccc34)cc21. The van der Waals surface area contributed by atoms with Crippen LogP contribution in [-0.2, 0) is 5.41 Å². The molecule has 0 aliphatic heterocycles. The molecule has 0 heterocycles. The van der Waals surface area contributed by atoms with Crippen LogP contribution in [0.2, 0.25) is 0 Å². The molecule has 0 fully saturated rings. The molecule has 1 aliphatic rings. The Labute approximate surface area is 286 Å². The summed E-state index contributed by atoms with van der Waals surface area (Å²) in [5.74, 6) is 0. The molecule has 0 nitrogen and oxygen atoms in total.